The third-order valence-electron chi connectivity index (χ3n) is 5.67. The number of guanidine groups is 1. The average Bonchev–Trinajstić information content (AvgIpc) is 2.78. The Labute approximate surface area is 181 Å². The van der Waals surface area contributed by atoms with Crippen LogP contribution in [0.4, 0.5) is 5.82 Å². The Morgan fingerprint density at radius 2 is 1.90 bits per heavy atom. The van der Waals surface area contributed by atoms with Gasteiger partial charge in [0, 0.05) is 51.5 Å². The van der Waals surface area contributed by atoms with Gasteiger partial charge in [0.2, 0.25) is 0 Å². The van der Waals surface area contributed by atoms with E-state index in [1.165, 1.54) is 5.56 Å². The van der Waals surface area contributed by atoms with Crippen LogP contribution in [0.15, 0.2) is 59.7 Å². The Kier molecular flexibility index (Phi) is 8.97. The van der Waals surface area contributed by atoms with E-state index in [9.17, 15) is 0 Å². The molecule has 3 rings (SSSR count). The second-order valence-electron chi connectivity index (χ2n) is 8.02. The quantitative estimate of drug-likeness (QED) is 0.337. The molecule has 0 bridgehead atoms. The van der Waals surface area contributed by atoms with E-state index in [1.807, 2.05) is 31.4 Å². The maximum Gasteiger partial charge on any atom is 0.191 e. The molecular weight excluding hydrogens is 372 g/mol. The molecule has 162 valence electrons. The number of aromatic nitrogens is 1. The van der Waals surface area contributed by atoms with Gasteiger partial charge in [-0.2, -0.15) is 0 Å². The molecule has 2 atom stereocenters. The molecule has 0 aliphatic carbocycles. The minimum atomic E-state index is 0.476. The van der Waals surface area contributed by atoms with Crippen molar-refractivity contribution in [1.29, 1.82) is 0 Å². The molecule has 1 aromatic heterocycles. The van der Waals surface area contributed by atoms with Crippen LogP contribution in [0.25, 0.3) is 0 Å². The van der Waals surface area contributed by atoms with Gasteiger partial charge in [0.05, 0.1) is 0 Å². The van der Waals surface area contributed by atoms with E-state index in [2.05, 4.69) is 68.1 Å². The molecule has 0 amide bonds. The Balaban J connectivity index is 1.31. The van der Waals surface area contributed by atoms with Crippen LogP contribution in [0.3, 0.4) is 0 Å². The van der Waals surface area contributed by atoms with Crippen molar-refractivity contribution in [3.05, 3.63) is 60.3 Å². The summed E-state index contributed by atoms with van der Waals surface area (Å²) in [6.07, 6.45) is 6.28. The summed E-state index contributed by atoms with van der Waals surface area (Å²) in [5, 5.41) is 10.4. The van der Waals surface area contributed by atoms with Crippen molar-refractivity contribution in [2.45, 2.75) is 51.2 Å². The predicted molar refractivity (Wildman–Crippen MR) is 126 cm³/mol. The Bertz CT molecular complexity index is 749. The Morgan fingerprint density at radius 3 is 2.63 bits per heavy atom. The number of hydrogen-bond donors (Lipinski definition) is 3. The minimum Gasteiger partial charge on any atom is -0.370 e. The van der Waals surface area contributed by atoms with E-state index in [1.54, 1.807) is 0 Å². The number of unbranched alkanes of at least 4 members (excludes halogenated alkanes) is 1. The molecule has 1 fully saturated rings. The number of anilines is 1. The van der Waals surface area contributed by atoms with Crippen LogP contribution >= 0.6 is 0 Å². The van der Waals surface area contributed by atoms with Crippen molar-refractivity contribution in [1.82, 2.24) is 20.5 Å². The molecule has 0 saturated carbocycles. The van der Waals surface area contributed by atoms with E-state index in [4.69, 9.17) is 0 Å². The molecule has 1 aliphatic rings. The van der Waals surface area contributed by atoms with Gasteiger partial charge >= 0.3 is 0 Å². The number of piperidine rings is 1. The Morgan fingerprint density at radius 1 is 1.10 bits per heavy atom. The largest absolute Gasteiger partial charge is 0.370 e. The van der Waals surface area contributed by atoms with Gasteiger partial charge in [-0.05, 0) is 50.3 Å². The molecule has 1 aliphatic heterocycles. The first-order valence-corrected chi connectivity index (χ1v) is 11.1. The van der Waals surface area contributed by atoms with Gasteiger partial charge in [-0.15, -0.1) is 0 Å². The third kappa shape index (κ3) is 7.34. The van der Waals surface area contributed by atoms with Crippen molar-refractivity contribution >= 4 is 11.8 Å². The molecule has 2 unspecified atom stereocenters. The summed E-state index contributed by atoms with van der Waals surface area (Å²) in [4.78, 5) is 11.3. The Hall–Kier alpha value is -2.60. The van der Waals surface area contributed by atoms with Crippen molar-refractivity contribution in [3.63, 3.8) is 0 Å². The standard InChI is InChI=1S/C24H36N6/c1-20-18-22(13-17-30(20)19-21-10-4-3-5-11-21)29-24(25-2)28-16-9-8-15-27-23-12-6-7-14-26-23/h3-7,10-12,14,20,22H,8-9,13,15-19H2,1-2H3,(H,26,27)(H2,25,28,29). The maximum atomic E-state index is 4.41. The lowest BCUT2D eigenvalue weighted by Gasteiger charge is -2.38. The summed E-state index contributed by atoms with van der Waals surface area (Å²) < 4.78 is 0. The van der Waals surface area contributed by atoms with Gasteiger partial charge in [0.1, 0.15) is 5.82 Å². The van der Waals surface area contributed by atoms with Gasteiger partial charge in [0.25, 0.3) is 0 Å². The summed E-state index contributed by atoms with van der Waals surface area (Å²) in [7, 11) is 1.85. The number of rotatable bonds is 9. The van der Waals surface area contributed by atoms with Gasteiger partial charge < -0.3 is 16.0 Å². The molecule has 30 heavy (non-hydrogen) atoms. The minimum absolute atomic E-state index is 0.476. The SMILES string of the molecule is CN=C(NCCCCNc1ccccn1)NC1CCN(Cc2ccccc2)C(C)C1. The monoisotopic (exact) mass is 408 g/mol. The summed E-state index contributed by atoms with van der Waals surface area (Å²) >= 11 is 0. The van der Waals surface area contributed by atoms with Gasteiger partial charge in [-0.25, -0.2) is 4.98 Å². The van der Waals surface area contributed by atoms with E-state index in [0.29, 0.717) is 12.1 Å². The second kappa shape index (κ2) is 12.2. The highest BCUT2D eigenvalue weighted by Gasteiger charge is 2.25. The zero-order valence-electron chi connectivity index (χ0n) is 18.3. The molecule has 1 aromatic carbocycles. The number of nitrogens with one attached hydrogen (secondary N) is 3. The summed E-state index contributed by atoms with van der Waals surface area (Å²) in [6, 6.07) is 17.7. The number of benzene rings is 1. The van der Waals surface area contributed by atoms with Crippen LogP contribution in [-0.2, 0) is 6.54 Å². The summed E-state index contributed by atoms with van der Waals surface area (Å²) in [5.41, 5.74) is 1.39. The normalized spacial score (nSPS) is 20.0. The van der Waals surface area contributed by atoms with Crippen LogP contribution < -0.4 is 16.0 Å². The molecule has 6 nitrogen and oxygen atoms in total. The van der Waals surface area contributed by atoms with Gasteiger partial charge in [0.15, 0.2) is 5.96 Å². The molecule has 6 heteroatoms. The number of hydrogen-bond acceptors (Lipinski definition) is 4. The molecule has 2 heterocycles. The summed E-state index contributed by atoms with van der Waals surface area (Å²) in [6.45, 7) is 6.34. The van der Waals surface area contributed by atoms with Crippen LogP contribution in [0, 0.1) is 0 Å². The fraction of sp³-hybridized carbons (Fsp3) is 0.500. The number of pyridine rings is 1. The maximum absolute atomic E-state index is 4.41. The smallest absolute Gasteiger partial charge is 0.191 e. The lowest BCUT2D eigenvalue weighted by Crippen LogP contribution is -2.51. The van der Waals surface area contributed by atoms with E-state index in [-0.39, 0.29) is 0 Å². The third-order valence-corrected chi connectivity index (χ3v) is 5.67. The van der Waals surface area contributed by atoms with Crippen LogP contribution in [0.2, 0.25) is 0 Å². The topological polar surface area (TPSA) is 64.6 Å². The fourth-order valence-corrected chi connectivity index (χ4v) is 3.93. The van der Waals surface area contributed by atoms with Crippen LogP contribution in [0.5, 0.6) is 0 Å². The lowest BCUT2D eigenvalue weighted by atomic mass is 9.97. The molecule has 1 saturated heterocycles. The second-order valence-corrected chi connectivity index (χ2v) is 8.02. The first kappa shape index (κ1) is 22.1. The molecule has 2 aromatic rings. The molecule has 0 spiro atoms. The van der Waals surface area contributed by atoms with E-state index < -0.39 is 0 Å². The summed E-state index contributed by atoms with van der Waals surface area (Å²) in [5.74, 6) is 1.86. The fourth-order valence-electron chi connectivity index (χ4n) is 3.93. The first-order valence-electron chi connectivity index (χ1n) is 11.1. The van der Waals surface area contributed by atoms with Crippen molar-refractivity contribution < 1.29 is 0 Å². The number of likely N-dealkylation sites (tertiary alicyclic amines) is 1. The zero-order valence-corrected chi connectivity index (χ0v) is 18.3. The number of aliphatic imine (C=N–C) groups is 1. The van der Waals surface area contributed by atoms with Gasteiger partial charge in [-0.1, -0.05) is 36.4 Å². The predicted octanol–water partition coefficient (Wildman–Crippen LogP) is 3.49. The molecule has 3 N–H and O–H groups in total. The highest BCUT2D eigenvalue weighted by Crippen LogP contribution is 2.19. The van der Waals surface area contributed by atoms with Crippen molar-refractivity contribution in [3.8, 4) is 0 Å². The van der Waals surface area contributed by atoms with E-state index >= 15 is 0 Å². The first-order chi connectivity index (χ1) is 14.7. The highest BCUT2D eigenvalue weighted by atomic mass is 15.2. The zero-order chi connectivity index (χ0) is 21.0. The van der Waals surface area contributed by atoms with Gasteiger partial charge in [-0.3, -0.25) is 9.89 Å². The molecular formula is C24H36N6. The van der Waals surface area contributed by atoms with Crippen molar-refractivity contribution in [2.24, 2.45) is 4.99 Å². The van der Waals surface area contributed by atoms with Crippen LogP contribution in [0.1, 0.15) is 38.2 Å². The van der Waals surface area contributed by atoms with Crippen molar-refractivity contribution in [2.75, 3.05) is 32.0 Å². The van der Waals surface area contributed by atoms with Crippen LogP contribution in [-0.4, -0.2) is 54.6 Å². The van der Waals surface area contributed by atoms with E-state index in [0.717, 1.165) is 63.6 Å². The molecule has 0 radical (unpaired) electrons. The highest BCUT2D eigenvalue weighted by molar-refractivity contribution is 5.79. The number of nitrogens with zero attached hydrogens (tertiary/aromatic N) is 3. The average molecular weight is 409 g/mol. The lowest BCUT2D eigenvalue weighted by molar-refractivity contribution is 0.134.